The Morgan fingerprint density at radius 3 is 2.53 bits per heavy atom. The van der Waals surface area contributed by atoms with Crippen molar-refractivity contribution >= 4 is 5.91 Å². The van der Waals surface area contributed by atoms with Crippen molar-refractivity contribution in [2.45, 2.75) is 33.7 Å². The highest BCUT2D eigenvalue weighted by atomic mass is 16.5. The summed E-state index contributed by atoms with van der Waals surface area (Å²) in [5, 5.41) is 12.2. The van der Waals surface area contributed by atoms with Gasteiger partial charge in [-0.1, -0.05) is 26.8 Å². The van der Waals surface area contributed by atoms with Gasteiger partial charge in [-0.2, -0.15) is 0 Å². The molecule has 19 heavy (non-hydrogen) atoms. The molecule has 0 aromatic heterocycles. The highest BCUT2D eigenvalue weighted by molar-refractivity contribution is 5.95. The Kier molecular flexibility index (Phi) is 4.95. The normalized spacial score (nSPS) is 12.9. The van der Waals surface area contributed by atoms with Gasteiger partial charge in [0, 0.05) is 5.56 Å². The van der Waals surface area contributed by atoms with E-state index in [1.165, 1.54) is 0 Å². The quantitative estimate of drug-likeness (QED) is 0.877. The monoisotopic (exact) mass is 265 g/mol. The lowest BCUT2D eigenvalue weighted by molar-refractivity contribution is 0.0847. The fourth-order valence-electron chi connectivity index (χ4n) is 1.74. The third kappa shape index (κ3) is 3.96. The minimum atomic E-state index is -0.285. The van der Waals surface area contributed by atoms with E-state index in [0.717, 1.165) is 5.56 Å². The molecule has 106 valence electrons. The summed E-state index contributed by atoms with van der Waals surface area (Å²) in [6.07, 6.45) is 0. The fourth-order valence-corrected chi connectivity index (χ4v) is 1.74. The van der Waals surface area contributed by atoms with Crippen molar-refractivity contribution in [2.75, 3.05) is 13.7 Å². The molecule has 0 radical (unpaired) electrons. The number of aliphatic hydroxyl groups is 1. The van der Waals surface area contributed by atoms with Gasteiger partial charge >= 0.3 is 0 Å². The second kappa shape index (κ2) is 6.06. The van der Waals surface area contributed by atoms with Crippen LogP contribution in [0.4, 0.5) is 0 Å². The first-order valence-corrected chi connectivity index (χ1v) is 6.36. The molecular formula is C15H23NO3. The van der Waals surface area contributed by atoms with Crippen LogP contribution < -0.4 is 10.1 Å². The van der Waals surface area contributed by atoms with Crippen LogP contribution in [0.3, 0.4) is 0 Å². The Morgan fingerprint density at radius 1 is 1.42 bits per heavy atom. The molecule has 0 aliphatic heterocycles. The van der Waals surface area contributed by atoms with Crippen LogP contribution in [-0.4, -0.2) is 30.8 Å². The average Bonchev–Trinajstić information content (AvgIpc) is 2.34. The predicted molar refractivity (Wildman–Crippen MR) is 75.5 cm³/mol. The van der Waals surface area contributed by atoms with Crippen LogP contribution in [0.2, 0.25) is 0 Å². The summed E-state index contributed by atoms with van der Waals surface area (Å²) in [4.78, 5) is 12.2. The van der Waals surface area contributed by atoms with E-state index in [0.29, 0.717) is 11.3 Å². The summed E-state index contributed by atoms with van der Waals surface area (Å²) < 4.78 is 5.20. The van der Waals surface area contributed by atoms with Gasteiger partial charge in [-0.15, -0.1) is 0 Å². The van der Waals surface area contributed by atoms with Crippen LogP contribution in [0, 0.1) is 12.3 Å². The van der Waals surface area contributed by atoms with E-state index < -0.39 is 0 Å². The number of hydrogen-bond acceptors (Lipinski definition) is 3. The van der Waals surface area contributed by atoms with Crippen molar-refractivity contribution in [1.29, 1.82) is 0 Å². The smallest absolute Gasteiger partial charge is 0.251 e. The Balaban J connectivity index is 2.89. The lowest BCUT2D eigenvalue weighted by atomic mass is 9.87. The zero-order valence-corrected chi connectivity index (χ0v) is 12.3. The number of carbonyl (C=O) groups excluding carboxylic acids is 1. The van der Waals surface area contributed by atoms with Gasteiger partial charge in [0.1, 0.15) is 5.75 Å². The van der Waals surface area contributed by atoms with Crippen LogP contribution in [0.25, 0.3) is 0 Å². The molecule has 0 heterocycles. The van der Waals surface area contributed by atoms with Crippen molar-refractivity contribution < 1.29 is 14.6 Å². The van der Waals surface area contributed by atoms with Crippen LogP contribution in [0.5, 0.6) is 5.75 Å². The molecule has 0 bridgehead atoms. The molecule has 1 atom stereocenters. The molecule has 1 aromatic rings. The van der Waals surface area contributed by atoms with E-state index >= 15 is 0 Å². The summed E-state index contributed by atoms with van der Waals surface area (Å²) in [7, 11) is 1.58. The molecule has 1 aromatic carbocycles. The summed E-state index contributed by atoms with van der Waals surface area (Å²) >= 11 is 0. The van der Waals surface area contributed by atoms with Gasteiger partial charge in [0.05, 0.1) is 19.8 Å². The molecule has 0 aliphatic carbocycles. The van der Waals surface area contributed by atoms with E-state index in [1.54, 1.807) is 19.2 Å². The molecule has 1 amide bonds. The third-order valence-corrected chi connectivity index (χ3v) is 3.20. The molecule has 4 heteroatoms. The maximum atomic E-state index is 12.2. The van der Waals surface area contributed by atoms with Crippen molar-refractivity contribution in [2.24, 2.45) is 5.41 Å². The number of ether oxygens (including phenoxy) is 1. The Hall–Kier alpha value is -1.55. The fraction of sp³-hybridized carbons (Fsp3) is 0.533. The predicted octanol–water partition coefficient (Wildman–Crippen LogP) is 2.14. The summed E-state index contributed by atoms with van der Waals surface area (Å²) in [6.45, 7) is 7.77. The van der Waals surface area contributed by atoms with E-state index in [1.807, 2.05) is 33.8 Å². The van der Waals surface area contributed by atoms with E-state index in [2.05, 4.69) is 5.32 Å². The van der Waals surface area contributed by atoms with E-state index in [9.17, 15) is 9.90 Å². The van der Waals surface area contributed by atoms with Crippen LogP contribution in [0.1, 0.15) is 36.7 Å². The van der Waals surface area contributed by atoms with Crippen LogP contribution >= 0.6 is 0 Å². The molecule has 2 N–H and O–H groups in total. The number of methoxy groups -OCH3 is 1. The Morgan fingerprint density at radius 2 is 2.05 bits per heavy atom. The number of carbonyl (C=O) groups is 1. The van der Waals surface area contributed by atoms with Crippen LogP contribution in [0.15, 0.2) is 18.2 Å². The zero-order chi connectivity index (χ0) is 14.6. The van der Waals surface area contributed by atoms with Gasteiger partial charge in [-0.3, -0.25) is 4.79 Å². The SMILES string of the molecule is COc1cc(C(=O)NC(CO)C(C)(C)C)ccc1C. The topological polar surface area (TPSA) is 58.6 Å². The van der Waals surface area contributed by atoms with Gasteiger partial charge in [0.15, 0.2) is 0 Å². The molecular weight excluding hydrogens is 242 g/mol. The molecule has 0 saturated carbocycles. The summed E-state index contributed by atoms with van der Waals surface area (Å²) in [5.41, 5.74) is 1.32. The van der Waals surface area contributed by atoms with Crippen molar-refractivity contribution in [3.8, 4) is 5.75 Å². The Bertz CT molecular complexity index is 449. The summed E-state index contributed by atoms with van der Waals surface area (Å²) in [5.74, 6) is 0.483. The van der Waals surface area contributed by atoms with E-state index in [-0.39, 0.29) is 24.0 Å². The molecule has 0 saturated heterocycles. The van der Waals surface area contributed by atoms with Gasteiger partial charge in [0.25, 0.3) is 5.91 Å². The first kappa shape index (κ1) is 15.5. The van der Waals surface area contributed by atoms with E-state index in [4.69, 9.17) is 4.74 Å². The number of aliphatic hydroxyl groups excluding tert-OH is 1. The average molecular weight is 265 g/mol. The third-order valence-electron chi connectivity index (χ3n) is 3.20. The highest BCUT2D eigenvalue weighted by Gasteiger charge is 2.25. The largest absolute Gasteiger partial charge is 0.496 e. The number of benzene rings is 1. The number of nitrogens with one attached hydrogen (secondary N) is 1. The second-order valence-corrected chi connectivity index (χ2v) is 5.76. The maximum absolute atomic E-state index is 12.2. The van der Waals surface area contributed by atoms with Crippen molar-refractivity contribution in [3.63, 3.8) is 0 Å². The van der Waals surface area contributed by atoms with Gasteiger partial charge < -0.3 is 15.2 Å². The number of rotatable bonds is 4. The molecule has 0 fully saturated rings. The van der Waals surface area contributed by atoms with Crippen molar-refractivity contribution in [3.05, 3.63) is 29.3 Å². The number of aryl methyl sites for hydroxylation is 1. The van der Waals surface area contributed by atoms with Gasteiger partial charge in [0.2, 0.25) is 0 Å². The lowest BCUT2D eigenvalue weighted by Gasteiger charge is -2.29. The first-order valence-electron chi connectivity index (χ1n) is 6.36. The van der Waals surface area contributed by atoms with Crippen molar-refractivity contribution in [1.82, 2.24) is 5.32 Å². The van der Waals surface area contributed by atoms with Gasteiger partial charge in [-0.05, 0) is 30.0 Å². The summed E-state index contributed by atoms with van der Waals surface area (Å²) in [6, 6.07) is 5.03. The molecule has 4 nitrogen and oxygen atoms in total. The van der Waals surface area contributed by atoms with Gasteiger partial charge in [-0.25, -0.2) is 0 Å². The molecule has 0 spiro atoms. The Labute approximate surface area is 114 Å². The first-order chi connectivity index (χ1) is 8.79. The van der Waals surface area contributed by atoms with Crippen LogP contribution in [-0.2, 0) is 0 Å². The highest BCUT2D eigenvalue weighted by Crippen LogP contribution is 2.21. The minimum absolute atomic E-state index is 0.0851. The molecule has 0 aliphatic rings. The molecule has 1 rings (SSSR count). The molecule has 1 unspecified atom stereocenters. The minimum Gasteiger partial charge on any atom is -0.496 e. The zero-order valence-electron chi connectivity index (χ0n) is 12.3. The second-order valence-electron chi connectivity index (χ2n) is 5.76. The maximum Gasteiger partial charge on any atom is 0.251 e. The number of hydrogen-bond donors (Lipinski definition) is 2. The standard InChI is InChI=1S/C15H23NO3/c1-10-6-7-11(8-12(10)19-5)14(18)16-13(9-17)15(2,3)4/h6-8,13,17H,9H2,1-5H3,(H,16,18). The number of amides is 1. The lowest BCUT2D eigenvalue weighted by Crippen LogP contribution is -2.46.